The lowest BCUT2D eigenvalue weighted by Gasteiger charge is -2.21. The highest BCUT2D eigenvalue weighted by Crippen LogP contribution is 2.28. The summed E-state index contributed by atoms with van der Waals surface area (Å²) in [5, 5.41) is 13.4. The minimum atomic E-state index is -3.48. The first-order chi connectivity index (χ1) is 9.01. The van der Waals surface area contributed by atoms with Crippen molar-refractivity contribution in [3.05, 3.63) is 29.3 Å². The van der Waals surface area contributed by atoms with Crippen molar-refractivity contribution in [3.63, 3.8) is 0 Å². The quantitative estimate of drug-likeness (QED) is 0.399. The van der Waals surface area contributed by atoms with Gasteiger partial charge in [0.2, 0.25) is 5.96 Å². The maximum Gasteiger partial charge on any atom is 0.228 e. The van der Waals surface area contributed by atoms with Crippen LogP contribution in [0.1, 0.15) is 25.0 Å². The van der Waals surface area contributed by atoms with Crippen LogP contribution in [0.5, 0.6) is 0 Å². The highest BCUT2D eigenvalue weighted by molar-refractivity contribution is 7.90. The van der Waals surface area contributed by atoms with Gasteiger partial charge in [0.25, 0.3) is 0 Å². The summed E-state index contributed by atoms with van der Waals surface area (Å²) in [5.41, 5.74) is 9.85. The van der Waals surface area contributed by atoms with E-state index < -0.39 is 15.4 Å². The van der Waals surface area contributed by atoms with Gasteiger partial charge in [0.15, 0.2) is 9.84 Å². The second kappa shape index (κ2) is 5.68. The highest BCUT2D eigenvalue weighted by Gasteiger charge is 2.25. The number of oxime groups is 1. The van der Waals surface area contributed by atoms with Gasteiger partial charge < -0.3 is 21.4 Å². The number of guanidine groups is 1. The summed E-state index contributed by atoms with van der Waals surface area (Å²) in [6, 6.07) is 4.62. The predicted molar refractivity (Wildman–Crippen MR) is 75.4 cm³/mol. The van der Waals surface area contributed by atoms with Crippen molar-refractivity contribution >= 4 is 15.8 Å². The summed E-state index contributed by atoms with van der Waals surface area (Å²) >= 11 is 0. The zero-order valence-electron chi connectivity index (χ0n) is 11.6. The van der Waals surface area contributed by atoms with Crippen LogP contribution in [-0.4, -0.2) is 25.7 Å². The third kappa shape index (κ3) is 4.39. The molecule has 0 aliphatic carbocycles. The van der Waals surface area contributed by atoms with Crippen LogP contribution in [0, 0.1) is 0 Å². The number of rotatable bonds is 5. The first kappa shape index (κ1) is 16.3. The van der Waals surface area contributed by atoms with Gasteiger partial charge in [0.05, 0.1) is 10.5 Å². The zero-order valence-corrected chi connectivity index (χ0v) is 12.4. The molecular weight excluding hydrogens is 282 g/mol. The van der Waals surface area contributed by atoms with Crippen LogP contribution in [-0.2, 0) is 26.9 Å². The van der Waals surface area contributed by atoms with Crippen molar-refractivity contribution in [2.45, 2.75) is 31.0 Å². The number of benzene rings is 1. The number of aliphatic hydroxyl groups is 1. The fourth-order valence-corrected chi connectivity index (χ4v) is 2.73. The van der Waals surface area contributed by atoms with Gasteiger partial charge in [-0.3, -0.25) is 0 Å². The number of nitrogens with zero attached hydrogens (tertiary/aromatic N) is 1. The first-order valence-corrected chi connectivity index (χ1v) is 7.67. The smallest absolute Gasteiger partial charge is 0.228 e. The molecule has 0 aromatic heterocycles. The van der Waals surface area contributed by atoms with E-state index in [1.807, 2.05) is 0 Å². The van der Waals surface area contributed by atoms with E-state index in [0.29, 0.717) is 11.1 Å². The van der Waals surface area contributed by atoms with Crippen LogP contribution in [0.25, 0.3) is 0 Å². The maximum atomic E-state index is 11.8. The lowest BCUT2D eigenvalue weighted by atomic mass is 9.97. The molecule has 0 spiro atoms. The fourth-order valence-electron chi connectivity index (χ4n) is 1.65. The second-order valence-corrected chi connectivity index (χ2v) is 6.94. The van der Waals surface area contributed by atoms with Crippen molar-refractivity contribution in [1.29, 1.82) is 0 Å². The largest absolute Gasteiger partial charge is 0.388 e. The topological polar surface area (TPSA) is 128 Å². The van der Waals surface area contributed by atoms with Crippen LogP contribution in [0.15, 0.2) is 28.3 Å². The van der Waals surface area contributed by atoms with Gasteiger partial charge in [-0.05, 0) is 30.6 Å². The first-order valence-electron chi connectivity index (χ1n) is 5.78. The molecule has 0 radical (unpaired) electrons. The molecule has 20 heavy (non-hydrogen) atoms. The molecule has 0 atom stereocenters. The molecule has 0 aliphatic rings. The number of hydrogen-bond donors (Lipinski definition) is 3. The van der Waals surface area contributed by atoms with Crippen molar-refractivity contribution in [1.82, 2.24) is 0 Å². The molecule has 0 fully saturated rings. The molecule has 0 aliphatic heterocycles. The van der Waals surface area contributed by atoms with Gasteiger partial charge in [-0.1, -0.05) is 12.1 Å². The summed E-state index contributed by atoms with van der Waals surface area (Å²) < 4.78 is 23.6. The fraction of sp³-hybridized carbons (Fsp3) is 0.417. The van der Waals surface area contributed by atoms with Gasteiger partial charge in [0.1, 0.15) is 6.61 Å². The molecule has 1 aromatic carbocycles. The Hall–Kier alpha value is -1.80. The molecule has 1 rings (SSSR count). The van der Waals surface area contributed by atoms with E-state index >= 15 is 0 Å². The molecule has 8 heteroatoms. The Morgan fingerprint density at radius 1 is 1.40 bits per heavy atom. The van der Waals surface area contributed by atoms with Gasteiger partial charge in [-0.15, -0.1) is 0 Å². The number of sulfone groups is 1. The van der Waals surface area contributed by atoms with Crippen LogP contribution in [0.3, 0.4) is 0 Å². The van der Waals surface area contributed by atoms with Crippen molar-refractivity contribution in [2.24, 2.45) is 16.6 Å². The van der Waals surface area contributed by atoms with E-state index in [0.717, 1.165) is 6.26 Å². The summed E-state index contributed by atoms with van der Waals surface area (Å²) in [7, 11) is -3.48. The number of nitrogens with two attached hydrogens (primary N) is 2. The molecule has 5 N–H and O–H groups in total. The third-order valence-corrected chi connectivity index (χ3v) is 3.64. The Labute approximate surface area is 118 Å². The van der Waals surface area contributed by atoms with Crippen LogP contribution >= 0.6 is 0 Å². The van der Waals surface area contributed by atoms with Gasteiger partial charge in [-0.2, -0.15) is 0 Å². The lowest BCUT2D eigenvalue weighted by molar-refractivity contribution is 0.0753. The second-order valence-electron chi connectivity index (χ2n) is 4.95. The van der Waals surface area contributed by atoms with Crippen molar-refractivity contribution < 1.29 is 18.4 Å². The summed E-state index contributed by atoms with van der Waals surface area (Å²) in [4.78, 5) is 4.91. The normalized spacial score (nSPS) is 12.0. The summed E-state index contributed by atoms with van der Waals surface area (Å²) in [6.07, 6.45) is 1.08. The van der Waals surface area contributed by atoms with E-state index in [2.05, 4.69) is 5.16 Å². The minimum absolute atomic E-state index is 0.0204. The lowest BCUT2D eigenvalue weighted by Crippen LogP contribution is -2.22. The van der Waals surface area contributed by atoms with E-state index in [9.17, 15) is 13.5 Å². The standard InChI is InChI=1S/C12H19N3O4S/c1-12(2,16)9-5-4-8(7-19-15-11(13)14)6-10(9)20(3,17)18/h4-6,16H,7H2,1-3H3,(H4,13,14,15). The van der Waals surface area contributed by atoms with E-state index in [4.69, 9.17) is 16.3 Å². The average Bonchev–Trinajstić information content (AvgIpc) is 2.25. The van der Waals surface area contributed by atoms with Crippen LogP contribution in [0.2, 0.25) is 0 Å². The highest BCUT2D eigenvalue weighted by atomic mass is 32.2. The van der Waals surface area contributed by atoms with Crippen LogP contribution < -0.4 is 11.5 Å². The monoisotopic (exact) mass is 301 g/mol. The molecule has 0 saturated heterocycles. The molecule has 0 unspecified atom stereocenters. The SMILES string of the molecule is CC(C)(O)c1ccc(CON=C(N)N)cc1S(C)(=O)=O. The molecular formula is C12H19N3O4S. The summed E-state index contributed by atoms with van der Waals surface area (Å²) in [6.45, 7) is 3.06. The molecule has 0 amide bonds. The average molecular weight is 301 g/mol. The maximum absolute atomic E-state index is 11.8. The molecule has 0 saturated carbocycles. The van der Waals surface area contributed by atoms with Gasteiger partial charge in [-0.25, -0.2) is 8.42 Å². The summed E-state index contributed by atoms with van der Waals surface area (Å²) in [5.74, 6) is -0.221. The van der Waals surface area contributed by atoms with Crippen LogP contribution in [0.4, 0.5) is 0 Å². The van der Waals surface area contributed by atoms with E-state index in [1.165, 1.54) is 19.9 Å². The Morgan fingerprint density at radius 3 is 2.45 bits per heavy atom. The number of hydrogen-bond acceptors (Lipinski definition) is 5. The van der Waals surface area contributed by atoms with E-state index in [-0.39, 0.29) is 17.5 Å². The molecule has 1 aromatic rings. The van der Waals surface area contributed by atoms with Gasteiger partial charge in [0, 0.05) is 11.8 Å². The predicted octanol–water partition coefficient (Wildman–Crippen LogP) is 0.0225. The Bertz CT molecular complexity index is 614. The minimum Gasteiger partial charge on any atom is -0.388 e. The Kier molecular flexibility index (Phi) is 4.61. The van der Waals surface area contributed by atoms with Crippen molar-refractivity contribution in [3.8, 4) is 0 Å². The zero-order chi connectivity index (χ0) is 15.6. The van der Waals surface area contributed by atoms with Gasteiger partial charge >= 0.3 is 0 Å². The Morgan fingerprint density at radius 2 is 2.00 bits per heavy atom. The molecule has 0 heterocycles. The molecule has 112 valence electrons. The molecule has 0 bridgehead atoms. The molecule has 7 nitrogen and oxygen atoms in total. The Balaban J connectivity index is 3.19. The van der Waals surface area contributed by atoms with E-state index in [1.54, 1.807) is 12.1 Å². The van der Waals surface area contributed by atoms with Crippen molar-refractivity contribution in [2.75, 3.05) is 6.26 Å². The third-order valence-electron chi connectivity index (χ3n) is 2.51.